The van der Waals surface area contributed by atoms with Crippen LogP contribution < -0.4 is 11.1 Å². The third-order valence-electron chi connectivity index (χ3n) is 2.49. The van der Waals surface area contributed by atoms with Gasteiger partial charge in [-0.25, -0.2) is 4.39 Å². The number of nitrogens with two attached hydrogens (primary N) is 1. The molecule has 0 bridgehead atoms. The van der Waals surface area contributed by atoms with Gasteiger partial charge in [-0.05, 0) is 12.1 Å². The number of hydrogen-bond acceptors (Lipinski definition) is 3. The van der Waals surface area contributed by atoms with Gasteiger partial charge in [-0.3, -0.25) is 4.79 Å². The van der Waals surface area contributed by atoms with Crippen molar-refractivity contribution in [3.05, 3.63) is 30.1 Å². The van der Waals surface area contributed by atoms with Crippen molar-refractivity contribution in [2.75, 3.05) is 19.0 Å². The molecule has 0 heterocycles. The van der Waals surface area contributed by atoms with E-state index in [9.17, 15) is 9.18 Å². The topological polar surface area (TPSA) is 64.3 Å². The molecule has 0 fully saturated rings. The van der Waals surface area contributed by atoms with Gasteiger partial charge in [0.25, 0.3) is 0 Å². The summed E-state index contributed by atoms with van der Waals surface area (Å²) in [5.74, 6) is -1.08. The van der Waals surface area contributed by atoms with Crippen molar-refractivity contribution >= 4 is 11.6 Å². The van der Waals surface area contributed by atoms with E-state index in [1.165, 1.54) is 13.2 Å². The number of ether oxygens (including phenoxy) is 1. The van der Waals surface area contributed by atoms with Gasteiger partial charge in [0.1, 0.15) is 11.9 Å². The zero-order valence-electron chi connectivity index (χ0n) is 9.94. The molecule has 0 aliphatic carbocycles. The summed E-state index contributed by atoms with van der Waals surface area (Å²) in [6.07, 6.45) is 0. The molecule has 94 valence electrons. The minimum atomic E-state index is -0.660. The number of benzene rings is 1. The van der Waals surface area contributed by atoms with Crippen LogP contribution in [0.1, 0.15) is 6.92 Å². The van der Waals surface area contributed by atoms with E-state index in [4.69, 9.17) is 10.5 Å². The molecule has 2 atom stereocenters. The van der Waals surface area contributed by atoms with Gasteiger partial charge in [-0.15, -0.1) is 0 Å². The Hall–Kier alpha value is -1.62. The van der Waals surface area contributed by atoms with E-state index in [0.717, 1.165) is 0 Å². The van der Waals surface area contributed by atoms with Crippen LogP contribution in [0.25, 0.3) is 0 Å². The summed E-state index contributed by atoms with van der Waals surface area (Å²) in [5.41, 5.74) is 5.55. The first-order chi connectivity index (χ1) is 8.06. The summed E-state index contributed by atoms with van der Waals surface area (Å²) in [5, 5.41) is 2.80. The van der Waals surface area contributed by atoms with Gasteiger partial charge in [0.15, 0.2) is 0 Å². The van der Waals surface area contributed by atoms with E-state index < -0.39 is 17.8 Å². The number of methoxy groups -OCH3 is 1. The Kier molecular flexibility index (Phi) is 4.90. The lowest BCUT2D eigenvalue weighted by atomic mass is 10.0. The van der Waals surface area contributed by atoms with Crippen LogP contribution in [0.3, 0.4) is 0 Å². The Morgan fingerprint density at radius 3 is 2.71 bits per heavy atom. The Morgan fingerprint density at radius 2 is 2.18 bits per heavy atom. The van der Waals surface area contributed by atoms with Crippen LogP contribution in [0.15, 0.2) is 24.3 Å². The molecule has 1 aromatic carbocycles. The van der Waals surface area contributed by atoms with Gasteiger partial charge < -0.3 is 15.8 Å². The molecular formula is C12H17FN2O2. The van der Waals surface area contributed by atoms with Crippen LogP contribution in [0.2, 0.25) is 0 Å². The molecule has 2 unspecified atom stereocenters. The van der Waals surface area contributed by atoms with Crippen LogP contribution in [0.4, 0.5) is 10.1 Å². The maximum atomic E-state index is 13.4. The molecule has 4 nitrogen and oxygen atoms in total. The molecule has 0 aliphatic heterocycles. The zero-order valence-corrected chi connectivity index (χ0v) is 9.94. The lowest BCUT2D eigenvalue weighted by molar-refractivity contribution is -0.120. The fourth-order valence-corrected chi connectivity index (χ4v) is 1.60. The van der Waals surface area contributed by atoms with Crippen LogP contribution in [0.5, 0.6) is 0 Å². The summed E-state index contributed by atoms with van der Waals surface area (Å²) < 4.78 is 18.4. The highest BCUT2D eigenvalue weighted by Gasteiger charge is 2.23. The van der Waals surface area contributed by atoms with Gasteiger partial charge in [-0.1, -0.05) is 19.1 Å². The molecule has 0 spiro atoms. The van der Waals surface area contributed by atoms with Crippen LogP contribution in [-0.4, -0.2) is 25.7 Å². The number of anilines is 1. The maximum absolute atomic E-state index is 13.4. The highest BCUT2D eigenvalue weighted by atomic mass is 19.1. The van der Waals surface area contributed by atoms with Crippen molar-refractivity contribution in [1.29, 1.82) is 0 Å². The van der Waals surface area contributed by atoms with Gasteiger partial charge in [0.05, 0.1) is 12.3 Å². The molecule has 5 heteroatoms. The average Bonchev–Trinajstić information content (AvgIpc) is 2.27. The Bertz CT molecular complexity index is 385. The van der Waals surface area contributed by atoms with E-state index in [1.807, 2.05) is 6.92 Å². The lowest BCUT2D eigenvalue weighted by Gasteiger charge is -2.22. The largest absolute Gasteiger partial charge is 0.384 e. The van der Waals surface area contributed by atoms with E-state index in [1.54, 1.807) is 18.2 Å². The van der Waals surface area contributed by atoms with Gasteiger partial charge in [-0.2, -0.15) is 0 Å². The number of halogens is 1. The number of amides is 1. The Labute approximate surface area is 100.0 Å². The second kappa shape index (κ2) is 6.20. The van der Waals surface area contributed by atoms with Crippen molar-refractivity contribution in [2.45, 2.75) is 13.0 Å². The molecule has 1 rings (SSSR count). The Balaban J connectivity index is 2.80. The number of rotatable bonds is 6. The van der Waals surface area contributed by atoms with Crippen LogP contribution in [-0.2, 0) is 9.53 Å². The summed E-state index contributed by atoms with van der Waals surface area (Å²) in [4.78, 5) is 11.3. The molecule has 3 N–H and O–H groups in total. The molecule has 0 aliphatic rings. The van der Waals surface area contributed by atoms with Crippen LogP contribution in [0, 0.1) is 11.7 Å². The monoisotopic (exact) mass is 240 g/mol. The minimum absolute atomic E-state index is 0.142. The number of carbonyl (C=O) groups excluding carboxylic acids is 1. The molecule has 0 radical (unpaired) electrons. The molecule has 1 aromatic rings. The lowest BCUT2D eigenvalue weighted by Crippen LogP contribution is -2.42. The highest BCUT2D eigenvalue weighted by Crippen LogP contribution is 2.16. The predicted octanol–water partition coefficient (Wildman–Crippen LogP) is 1.37. The van der Waals surface area contributed by atoms with Gasteiger partial charge in [0.2, 0.25) is 5.91 Å². The quantitative estimate of drug-likeness (QED) is 0.789. The third-order valence-corrected chi connectivity index (χ3v) is 2.49. The first kappa shape index (κ1) is 13.4. The SMILES string of the molecule is COCC(C)C(Nc1ccccc1F)C(N)=O. The summed E-state index contributed by atoms with van der Waals surface area (Å²) in [6.45, 7) is 2.18. The van der Waals surface area contributed by atoms with Crippen molar-refractivity contribution in [3.8, 4) is 0 Å². The molecule has 17 heavy (non-hydrogen) atoms. The van der Waals surface area contributed by atoms with E-state index in [2.05, 4.69) is 5.32 Å². The smallest absolute Gasteiger partial charge is 0.240 e. The standard InChI is InChI=1S/C12H17FN2O2/c1-8(7-17-2)11(12(14)16)15-10-6-4-3-5-9(10)13/h3-6,8,11,15H,7H2,1-2H3,(H2,14,16). The Morgan fingerprint density at radius 1 is 1.53 bits per heavy atom. The van der Waals surface area contributed by atoms with E-state index in [-0.39, 0.29) is 11.6 Å². The summed E-state index contributed by atoms with van der Waals surface area (Å²) in [6, 6.07) is 5.49. The average molecular weight is 240 g/mol. The number of carbonyl (C=O) groups is 1. The second-order valence-corrected chi connectivity index (χ2v) is 3.94. The van der Waals surface area contributed by atoms with Crippen molar-refractivity contribution in [2.24, 2.45) is 11.7 Å². The zero-order chi connectivity index (χ0) is 12.8. The van der Waals surface area contributed by atoms with Crippen molar-refractivity contribution in [1.82, 2.24) is 0 Å². The van der Waals surface area contributed by atoms with E-state index >= 15 is 0 Å². The van der Waals surface area contributed by atoms with Gasteiger partial charge >= 0.3 is 0 Å². The highest BCUT2D eigenvalue weighted by molar-refractivity contribution is 5.83. The first-order valence-electron chi connectivity index (χ1n) is 5.35. The molecule has 1 amide bonds. The van der Waals surface area contributed by atoms with Crippen molar-refractivity contribution in [3.63, 3.8) is 0 Å². The fraction of sp³-hybridized carbons (Fsp3) is 0.417. The third kappa shape index (κ3) is 3.71. The number of para-hydroxylation sites is 1. The molecular weight excluding hydrogens is 223 g/mol. The van der Waals surface area contributed by atoms with Gasteiger partial charge in [0, 0.05) is 13.0 Å². The molecule has 0 saturated heterocycles. The first-order valence-corrected chi connectivity index (χ1v) is 5.35. The van der Waals surface area contributed by atoms with E-state index in [0.29, 0.717) is 6.61 Å². The normalized spacial score (nSPS) is 14.1. The molecule has 0 saturated carbocycles. The summed E-state index contributed by atoms with van der Waals surface area (Å²) >= 11 is 0. The second-order valence-electron chi connectivity index (χ2n) is 3.94. The minimum Gasteiger partial charge on any atom is -0.384 e. The summed E-state index contributed by atoms with van der Waals surface area (Å²) in [7, 11) is 1.54. The number of primary amides is 1. The van der Waals surface area contributed by atoms with Crippen LogP contribution >= 0.6 is 0 Å². The molecule has 0 aromatic heterocycles. The predicted molar refractivity (Wildman–Crippen MR) is 64.0 cm³/mol. The number of nitrogens with one attached hydrogen (secondary N) is 1. The number of hydrogen-bond donors (Lipinski definition) is 2. The van der Waals surface area contributed by atoms with Crippen molar-refractivity contribution < 1.29 is 13.9 Å². The fourth-order valence-electron chi connectivity index (χ4n) is 1.60. The maximum Gasteiger partial charge on any atom is 0.240 e.